The van der Waals surface area contributed by atoms with E-state index in [4.69, 9.17) is 20.2 Å². The Bertz CT molecular complexity index is 585. The molecule has 1 aromatic rings. The Balaban J connectivity index is 2.11. The molecule has 4 nitrogen and oxygen atoms in total. The van der Waals surface area contributed by atoms with Gasteiger partial charge in [0, 0.05) is 23.9 Å². The number of hydrogen-bond donors (Lipinski definition) is 0. The van der Waals surface area contributed by atoms with E-state index < -0.39 is 25.6 Å². The van der Waals surface area contributed by atoms with Gasteiger partial charge in [-0.25, -0.2) is 12.8 Å². The fourth-order valence-electron chi connectivity index (χ4n) is 1.93. The number of rotatable bonds is 4. The summed E-state index contributed by atoms with van der Waals surface area (Å²) in [6, 6.07) is 1.95. The summed E-state index contributed by atoms with van der Waals surface area (Å²) in [7, 11) is 0.675. The summed E-state index contributed by atoms with van der Waals surface area (Å²) in [4.78, 5) is -0.893. The topological polar surface area (TPSA) is 52.6 Å². The van der Waals surface area contributed by atoms with Gasteiger partial charge in [0.1, 0.15) is 4.90 Å². The van der Waals surface area contributed by atoms with Gasteiger partial charge in [-0.05, 0) is 30.9 Å². The lowest BCUT2D eigenvalue weighted by atomic mass is 10.0. The maximum Gasteiger partial charge on any atom is 0.264 e. The first-order valence-corrected chi connectivity index (χ1v) is 8.33. The lowest BCUT2D eigenvalue weighted by Gasteiger charge is -2.22. The summed E-state index contributed by atoms with van der Waals surface area (Å²) in [5, 5.41) is 0. The average molecular weight is 327 g/mol. The van der Waals surface area contributed by atoms with Crippen LogP contribution >= 0.6 is 10.7 Å². The van der Waals surface area contributed by atoms with E-state index in [1.165, 1.54) is 0 Å². The van der Waals surface area contributed by atoms with Gasteiger partial charge in [-0.1, -0.05) is 0 Å². The minimum absolute atomic E-state index is 0.211. The second-order valence-corrected chi connectivity index (χ2v) is 7.03. The number of ether oxygens (including phenoxy) is 2. The Labute approximate surface area is 120 Å². The molecular formula is C12H13ClF2O4S. The molecule has 1 saturated heterocycles. The Hall–Kier alpha value is -0.920. The van der Waals surface area contributed by atoms with Crippen molar-refractivity contribution in [2.75, 3.05) is 19.8 Å². The van der Waals surface area contributed by atoms with Gasteiger partial charge in [0.15, 0.2) is 11.6 Å². The first kappa shape index (κ1) is 15.5. The van der Waals surface area contributed by atoms with Crippen LogP contribution < -0.4 is 4.74 Å². The molecule has 0 amide bonds. The van der Waals surface area contributed by atoms with Gasteiger partial charge >= 0.3 is 0 Å². The monoisotopic (exact) mass is 326 g/mol. The predicted octanol–water partition coefficient (Wildman–Crippen LogP) is 2.70. The minimum Gasteiger partial charge on any atom is -0.490 e. The molecule has 0 atom stereocenters. The van der Waals surface area contributed by atoms with Crippen LogP contribution in [-0.4, -0.2) is 28.2 Å². The molecule has 0 aliphatic carbocycles. The predicted molar refractivity (Wildman–Crippen MR) is 68.4 cm³/mol. The Morgan fingerprint density at radius 1 is 1.25 bits per heavy atom. The van der Waals surface area contributed by atoms with E-state index >= 15 is 0 Å². The van der Waals surface area contributed by atoms with E-state index in [9.17, 15) is 17.2 Å². The van der Waals surface area contributed by atoms with Gasteiger partial charge in [-0.3, -0.25) is 0 Å². The highest BCUT2D eigenvalue weighted by Gasteiger charge is 2.23. The summed E-state index contributed by atoms with van der Waals surface area (Å²) in [5.41, 5.74) is 0. The maximum atomic E-state index is 13.7. The van der Waals surface area contributed by atoms with Crippen molar-refractivity contribution in [3.8, 4) is 5.75 Å². The van der Waals surface area contributed by atoms with Crippen LogP contribution in [0, 0.1) is 17.6 Å². The minimum atomic E-state index is -4.32. The van der Waals surface area contributed by atoms with Gasteiger partial charge in [0.2, 0.25) is 5.82 Å². The normalized spacial score (nSPS) is 17.1. The van der Waals surface area contributed by atoms with Crippen molar-refractivity contribution in [2.24, 2.45) is 5.92 Å². The van der Waals surface area contributed by atoms with Crippen molar-refractivity contribution in [3.63, 3.8) is 0 Å². The fourth-order valence-corrected chi connectivity index (χ4v) is 2.83. The molecule has 8 heteroatoms. The molecule has 0 unspecified atom stereocenters. The van der Waals surface area contributed by atoms with Crippen molar-refractivity contribution in [2.45, 2.75) is 17.7 Å². The molecule has 0 saturated carbocycles. The Kier molecular flexibility index (Phi) is 4.82. The third-order valence-electron chi connectivity index (χ3n) is 3.09. The standard InChI is InChI=1S/C12H13ClF2O4S/c13-20(16,17)10-2-1-9(11(14)12(10)15)19-7-8-3-5-18-6-4-8/h1-2,8H,3-7H2. The zero-order valence-corrected chi connectivity index (χ0v) is 12.0. The maximum absolute atomic E-state index is 13.7. The van der Waals surface area contributed by atoms with E-state index in [1.54, 1.807) is 0 Å². The van der Waals surface area contributed by atoms with E-state index in [0.29, 0.717) is 13.2 Å². The Morgan fingerprint density at radius 3 is 2.50 bits per heavy atom. The molecular weight excluding hydrogens is 314 g/mol. The zero-order chi connectivity index (χ0) is 14.8. The van der Waals surface area contributed by atoms with Crippen molar-refractivity contribution < 1.29 is 26.7 Å². The first-order valence-electron chi connectivity index (χ1n) is 6.03. The van der Waals surface area contributed by atoms with E-state index in [-0.39, 0.29) is 18.3 Å². The molecule has 20 heavy (non-hydrogen) atoms. The number of benzene rings is 1. The van der Waals surface area contributed by atoms with Gasteiger partial charge in [-0.15, -0.1) is 0 Å². The van der Waals surface area contributed by atoms with Crippen LogP contribution in [0.25, 0.3) is 0 Å². The zero-order valence-electron chi connectivity index (χ0n) is 10.4. The third-order valence-corrected chi connectivity index (χ3v) is 4.43. The van der Waals surface area contributed by atoms with Crippen molar-refractivity contribution in [1.82, 2.24) is 0 Å². The van der Waals surface area contributed by atoms with E-state index in [1.807, 2.05) is 0 Å². The molecule has 1 fully saturated rings. The summed E-state index contributed by atoms with van der Waals surface area (Å²) >= 11 is 0. The third kappa shape index (κ3) is 3.59. The Morgan fingerprint density at radius 2 is 1.90 bits per heavy atom. The summed E-state index contributed by atoms with van der Waals surface area (Å²) in [6.07, 6.45) is 1.58. The molecule has 1 aliphatic heterocycles. The highest BCUT2D eigenvalue weighted by Crippen LogP contribution is 2.28. The highest BCUT2D eigenvalue weighted by atomic mass is 35.7. The number of halogens is 3. The molecule has 1 aliphatic rings. The van der Waals surface area contributed by atoms with Crippen LogP contribution in [0.15, 0.2) is 17.0 Å². The molecule has 1 heterocycles. The van der Waals surface area contributed by atoms with E-state index in [2.05, 4.69) is 0 Å². The SMILES string of the molecule is O=S(=O)(Cl)c1ccc(OCC2CCOCC2)c(F)c1F. The molecule has 0 spiro atoms. The molecule has 2 rings (SSSR count). The number of hydrogen-bond acceptors (Lipinski definition) is 4. The van der Waals surface area contributed by atoms with Crippen LogP contribution in [-0.2, 0) is 13.8 Å². The summed E-state index contributed by atoms with van der Waals surface area (Å²) < 4.78 is 59.7. The summed E-state index contributed by atoms with van der Waals surface area (Å²) in [6.45, 7) is 1.47. The van der Waals surface area contributed by atoms with Crippen molar-refractivity contribution in [1.29, 1.82) is 0 Å². The van der Waals surface area contributed by atoms with Gasteiger partial charge in [0.25, 0.3) is 9.05 Å². The average Bonchev–Trinajstić information content (AvgIpc) is 2.40. The van der Waals surface area contributed by atoms with Crippen LogP contribution in [0.5, 0.6) is 5.75 Å². The summed E-state index contributed by atoms with van der Waals surface area (Å²) in [5.74, 6) is -2.98. The molecule has 0 bridgehead atoms. The van der Waals surface area contributed by atoms with Crippen LogP contribution in [0.1, 0.15) is 12.8 Å². The largest absolute Gasteiger partial charge is 0.490 e. The molecule has 0 radical (unpaired) electrons. The van der Waals surface area contributed by atoms with Crippen LogP contribution in [0.4, 0.5) is 8.78 Å². The second-order valence-electron chi connectivity index (χ2n) is 4.49. The molecule has 1 aromatic carbocycles. The smallest absolute Gasteiger partial charge is 0.264 e. The lowest BCUT2D eigenvalue weighted by Crippen LogP contribution is -2.21. The van der Waals surface area contributed by atoms with Gasteiger partial charge in [-0.2, -0.15) is 4.39 Å². The van der Waals surface area contributed by atoms with Gasteiger partial charge < -0.3 is 9.47 Å². The van der Waals surface area contributed by atoms with Crippen molar-refractivity contribution >= 4 is 19.7 Å². The highest BCUT2D eigenvalue weighted by molar-refractivity contribution is 8.13. The molecule has 0 aromatic heterocycles. The van der Waals surface area contributed by atoms with Crippen LogP contribution in [0.3, 0.4) is 0 Å². The quantitative estimate of drug-likeness (QED) is 0.798. The fraction of sp³-hybridized carbons (Fsp3) is 0.500. The van der Waals surface area contributed by atoms with Crippen molar-refractivity contribution in [3.05, 3.63) is 23.8 Å². The van der Waals surface area contributed by atoms with E-state index in [0.717, 1.165) is 25.0 Å². The first-order chi connectivity index (χ1) is 9.39. The van der Waals surface area contributed by atoms with Gasteiger partial charge in [0.05, 0.1) is 6.61 Å². The second kappa shape index (κ2) is 6.24. The molecule has 0 N–H and O–H groups in total. The molecule has 112 valence electrons. The lowest BCUT2D eigenvalue weighted by molar-refractivity contribution is 0.0490. The van der Waals surface area contributed by atoms with Crippen LogP contribution in [0.2, 0.25) is 0 Å².